The Morgan fingerprint density at radius 3 is 2.76 bits per heavy atom. The van der Waals surface area contributed by atoms with Gasteiger partial charge in [-0.2, -0.15) is 5.26 Å². The molecule has 4 heteroatoms. The van der Waals surface area contributed by atoms with Crippen molar-refractivity contribution in [3.8, 4) is 6.07 Å². The van der Waals surface area contributed by atoms with Crippen molar-refractivity contribution in [2.24, 2.45) is 0 Å². The van der Waals surface area contributed by atoms with Crippen LogP contribution >= 0.6 is 0 Å². The first-order valence-electron chi connectivity index (χ1n) is 5.59. The third-order valence-electron chi connectivity index (χ3n) is 2.97. The Kier molecular flexibility index (Phi) is 3.12. The number of likely N-dealkylation sites (N-methyl/N-ethyl adjacent to an activating group) is 1. The van der Waals surface area contributed by atoms with Gasteiger partial charge in [0.05, 0.1) is 6.07 Å². The zero-order valence-electron chi connectivity index (χ0n) is 10.1. The van der Waals surface area contributed by atoms with Gasteiger partial charge in [0.2, 0.25) is 0 Å². The second kappa shape index (κ2) is 4.56. The van der Waals surface area contributed by atoms with E-state index >= 15 is 0 Å². The summed E-state index contributed by atoms with van der Waals surface area (Å²) in [6.07, 6.45) is 0. The Morgan fingerprint density at radius 1 is 1.41 bits per heavy atom. The van der Waals surface area contributed by atoms with Crippen molar-refractivity contribution in [3.05, 3.63) is 35.4 Å². The number of hydrogen-bond acceptors (Lipinski definition) is 3. The Bertz CT molecular complexity index is 476. The molecule has 0 N–H and O–H groups in total. The minimum Gasteiger partial charge on any atom is -0.317 e. The fourth-order valence-corrected chi connectivity index (χ4v) is 2.05. The number of benzene rings is 1. The van der Waals surface area contributed by atoms with Crippen LogP contribution in [0.15, 0.2) is 24.3 Å². The minimum atomic E-state index is -0.432. The molecular formula is C13H15N3O. The lowest BCUT2D eigenvalue weighted by Crippen LogP contribution is -2.34. The van der Waals surface area contributed by atoms with Gasteiger partial charge >= 0.3 is 0 Å². The SMILES string of the molecule is CN(C)CCN1C(=O)c2ccccc2C1C#N. The topological polar surface area (TPSA) is 47.3 Å². The molecule has 0 saturated heterocycles. The largest absolute Gasteiger partial charge is 0.317 e. The van der Waals surface area contributed by atoms with Crippen LogP contribution in [-0.4, -0.2) is 42.9 Å². The van der Waals surface area contributed by atoms with E-state index in [1.807, 2.05) is 37.2 Å². The summed E-state index contributed by atoms with van der Waals surface area (Å²) in [4.78, 5) is 15.8. The van der Waals surface area contributed by atoms with Crippen molar-refractivity contribution in [1.82, 2.24) is 9.80 Å². The summed E-state index contributed by atoms with van der Waals surface area (Å²) in [5.41, 5.74) is 1.50. The number of amides is 1. The molecule has 0 aromatic heterocycles. The second-order valence-electron chi connectivity index (χ2n) is 4.42. The van der Waals surface area contributed by atoms with Crippen LogP contribution in [0.5, 0.6) is 0 Å². The molecular weight excluding hydrogens is 214 g/mol. The standard InChI is InChI=1S/C13H15N3O/c1-15(2)7-8-16-12(9-14)10-5-3-4-6-11(10)13(16)17/h3-6,12H,7-8H2,1-2H3. The molecule has 1 amide bonds. The van der Waals surface area contributed by atoms with Gasteiger partial charge in [-0.3, -0.25) is 4.79 Å². The van der Waals surface area contributed by atoms with Gasteiger partial charge in [-0.25, -0.2) is 0 Å². The maximum Gasteiger partial charge on any atom is 0.255 e. The van der Waals surface area contributed by atoms with Crippen LogP contribution in [0, 0.1) is 11.3 Å². The van der Waals surface area contributed by atoms with Gasteiger partial charge in [0.1, 0.15) is 6.04 Å². The van der Waals surface area contributed by atoms with E-state index < -0.39 is 6.04 Å². The lowest BCUT2D eigenvalue weighted by Gasteiger charge is -2.22. The van der Waals surface area contributed by atoms with Crippen LogP contribution in [0.4, 0.5) is 0 Å². The molecule has 0 saturated carbocycles. The average Bonchev–Trinajstić information content (AvgIpc) is 2.60. The zero-order chi connectivity index (χ0) is 12.4. The molecule has 1 heterocycles. The second-order valence-corrected chi connectivity index (χ2v) is 4.42. The highest BCUT2D eigenvalue weighted by Crippen LogP contribution is 2.32. The average molecular weight is 229 g/mol. The van der Waals surface area contributed by atoms with E-state index in [0.29, 0.717) is 12.1 Å². The summed E-state index contributed by atoms with van der Waals surface area (Å²) in [6, 6.07) is 9.13. The van der Waals surface area contributed by atoms with Crippen LogP contribution in [0.3, 0.4) is 0 Å². The third-order valence-corrected chi connectivity index (χ3v) is 2.97. The highest BCUT2D eigenvalue weighted by molar-refractivity contribution is 5.99. The van der Waals surface area contributed by atoms with Gasteiger partial charge in [-0.15, -0.1) is 0 Å². The smallest absolute Gasteiger partial charge is 0.255 e. The van der Waals surface area contributed by atoms with Crippen LogP contribution < -0.4 is 0 Å². The summed E-state index contributed by atoms with van der Waals surface area (Å²) in [5.74, 6) is -0.0333. The van der Waals surface area contributed by atoms with Gasteiger partial charge in [-0.1, -0.05) is 18.2 Å². The van der Waals surface area contributed by atoms with Crippen LogP contribution in [0.1, 0.15) is 22.0 Å². The molecule has 88 valence electrons. The monoisotopic (exact) mass is 229 g/mol. The van der Waals surface area contributed by atoms with E-state index in [1.165, 1.54) is 0 Å². The molecule has 1 atom stereocenters. The molecule has 0 bridgehead atoms. The molecule has 0 fully saturated rings. The highest BCUT2D eigenvalue weighted by Gasteiger charge is 2.35. The van der Waals surface area contributed by atoms with E-state index in [1.54, 1.807) is 11.0 Å². The maximum absolute atomic E-state index is 12.1. The Labute approximate surface area is 101 Å². The number of carbonyl (C=O) groups excluding carboxylic acids is 1. The lowest BCUT2D eigenvalue weighted by atomic mass is 10.1. The Balaban J connectivity index is 2.27. The van der Waals surface area contributed by atoms with Crippen LogP contribution in [-0.2, 0) is 0 Å². The predicted molar refractivity (Wildman–Crippen MR) is 64.4 cm³/mol. The van der Waals surface area contributed by atoms with Gasteiger partial charge in [0, 0.05) is 24.2 Å². The quantitative estimate of drug-likeness (QED) is 0.784. The number of fused-ring (bicyclic) bond motifs is 1. The van der Waals surface area contributed by atoms with Crippen molar-refractivity contribution < 1.29 is 4.79 Å². The molecule has 1 unspecified atom stereocenters. The molecule has 2 rings (SSSR count). The molecule has 0 radical (unpaired) electrons. The van der Waals surface area contributed by atoms with E-state index in [0.717, 1.165) is 12.1 Å². The molecule has 1 aromatic carbocycles. The highest BCUT2D eigenvalue weighted by atomic mass is 16.2. The first-order valence-corrected chi connectivity index (χ1v) is 5.59. The molecule has 1 aliphatic rings. The normalized spacial score (nSPS) is 18.4. The lowest BCUT2D eigenvalue weighted by molar-refractivity contribution is 0.0746. The first-order chi connectivity index (χ1) is 8.15. The number of nitriles is 1. The molecule has 0 aliphatic carbocycles. The molecule has 1 aliphatic heterocycles. The van der Waals surface area contributed by atoms with Crippen LogP contribution in [0.2, 0.25) is 0 Å². The van der Waals surface area contributed by atoms with E-state index in [4.69, 9.17) is 0 Å². The number of nitrogens with zero attached hydrogens (tertiary/aromatic N) is 3. The number of rotatable bonds is 3. The van der Waals surface area contributed by atoms with Gasteiger partial charge in [0.25, 0.3) is 5.91 Å². The summed E-state index contributed by atoms with van der Waals surface area (Å²) in [5, 5.41) is 9.21. The van der Waals surface area contributed by atoms with E-state index in [-0.39, 0.29) is 5.91 Å². The third kappa shape index (κ3) is 2.02. The summed E-state index contributed by atoms with van der Waals surface area (Å²) in [7, 11) is 3.91. The Hall–Kier alpha value is -1.86. The van der Waals surface area contributed by atoms with E-state index in [2.05, 4.69) is 6.07 Å². The summed E-state index contributed by atoms with van der Waals surface area (Å²) >= 11 is 0. The van der Waals surface area contributed by atoms with Crippen molar-refractivity contribution in [1.29, 1.82) is 5.26 Å². The number of carbonyl (C=O) groups is 1. The molecule has 0 spiro atoms. The maximum atomic E-state index is 12.1. The molecule has 4 nitrogen and oxygen atoms in total. The predicted octanol–water partition coefficient (Wildman–Crippen LogP) is 1.27. The van der Waals surface area contributed by atoms with Crippen molar-refractivity contribution in [2.45, 2.75) is 6.04 Å². The van der Waals surface area contributed by atoms with Gasteiger partial charge < -0.3 is 9.80 Å². The van der Waals surface area contributed by atoms with E-state index in [9.17, 15) is 10.1 Å². The number of hydrogen-bond donors (Lipinski definition) is 0. The summed E-state index contributed by atoms with van der Waals surface area (Å²) in [6.45, 7) is 1.34. The van der Waals surface area contributed by atoms with Crippen LogP contribution in [0.25, 0.3) is 0 Å². The zero-order valence-corrected chi connectivity index (χ0v) is 10.1. The fourth-order valence-electron chi connectivity index (χ4n) is 2.05. The molecule has 1 aromatic rings. The Morgan fingerprint density at radius 2 is 2.12 bits per heavy atom. The van der Waals surface area contributed by atoms with Gasteiger partial charge in [0.15, 0.2) is 0 Å². The summed E-state index contributed by atoms with van der Waals surface area (Å²) < 4.78 is 0. The minimum absolute atomic E-state index is 0.0333. The fraction of sp³-hybridized carbons (Fsp3) is 0.385. The van der Waals surface area contributed by atoms with Crippen molar-refractivity contribution in [3.63, 3.8) is 0 Å². The van der Waals surface area contributed by atoms with Gasteiger partial charge in [-0.05, 0) is 20.2 Å². The molecule has 17 heavy (non-hydrogen) atoms. The first kappa shape index (κ1) is 11.6. The van der Waals surface area contributed by atoms with Crippen molar-refractivity contribution in [2.75, 3.05) is 27.2 Å². The van der Waals surface area contributed by atoms with Crippen molar-refractivity contribution >= 4 is 5.91 Å².